The highest BCUT2D eigenvalue weighted by molar-refractivity contribution is 5.88. The Bertz CT molecular complexity index is 987. The highest BCUT2D eigenvalue weighted by Crippen LogP contribution is 2.15. The number of carbonyl (C=O) groups is 2. The molecular weight excluding hydrogens is 428 g/mol. The third kappa shape index (κ3) is 8.57. The molecule has 3 aromatic carbocycles. The molecule has 12 heteroatoms. The molecule has 0 unspecified atom stereocenters. The molecule has 32 heavy (non-hydrogen) atoms. The van der Waals surface area contributed by atoms with E-state index in [-0.39, 0.29) is 34.0 Å². The average Bonchev–Trinajstić information content (AvgIpc) is 2.74. The molecule has 0 aliphatic heterocycles. The number of nitro benzene ring substituents is 2. The Balaban J connectivity index is 0.000000245. The minimum atomic E-state index is -1.17. The normalized spacial score (nSPS) is 9.25. The lowest BCUT2D eigenvalue weighted by atomic mass is 10.2. The quantitative estimate of drug-likeness (QED) is 0.339. The second-order valence-electron chi connectivity index (χ2n) is 5.75. The lowest BCUT2D eigenvalue weighted by Crippen LogP contribution is -1.97. The van der Waals surface area contributed by atoms with E-state index >= 15 is 0 Å². The minimum Gasteiger partial charge on any atom is -0.508 e. The van der Waals surface area contributed by atoms with Crippen LogP contribution in [0, 0.1) is 20.2 Å². The molecule has 3 aromatic rings. The number of non-ortho nitro benzene ring substituents is 2. The first-order valence-electron chi connectivity index (χ1n) is 8.44. The van der Waals surface area contributed by atoms with Crippen LogP contribution in [0.25, 0.3) is 0 Å². The van der Waals surface area contributed by atoms with Gasteiger partial charge >= 0.3 is 11.9 Å². The topological polar surface area (TPSA) is 201 Å². The maximum absolute atomic E-state index is 10.4. The highest BCUT2D eigenvalue weighted by Gasteiger charge is 2.10. The summed E-state index contributed by atoms with van der Waals surface area (Å²) in [4.78, 5) is 39.8. The second kappa shape index (κ2) is 11.9. The Hall–Kier alpha value is -5.00. The van der Waals surface area contributed by atoms with E-state index in [2.05, 4.69) is 0 Å². The molecule has 0 atom stereocenters. The third-order valence-corrected chi connectivity index (χ3v) is 3.44. The van der Waals surface area contributed by atoms with Crippen molar-refractivity contribution in [2.75, 3.05) is 0 Å². The lowest BCUT2D eigenvalue weighted by molar-refractivity contribution is -0.385. The number of nitrogens with zero attached hydrogens (tertiary/aromatic N) is 2. The van der Waals surface area contributed by atoms with Gasteiger partial charge < -0.3 is 20.4 Å². The van der Waals surface area contributed by atoms with Crippen molar-refractivity contribution in [2.45, 2.75) is 0 Å². The first-order valence-corrected chi connectivity index (χ1v) is 8.44. The zero-order valence-electron chi connectivity index (χ0n) is 16.1. The zero-order valence-corrected chi connectivity index (χ0v) is 16.1. The number of hydrogen-bond acceptors (Lipinski definition) is 8. The molecule has 0 heterocycles. The summed E-state index contributed by atoms with van der Waals surface area (Å²) < 4.78 is 0. The van der Waals surface area contributed by atoms with Crippen LogP contribution in [0.4, 0.5) is 11.4 Å². The van der Waals surface area contributed by atoms with Crippen molar-refractivity contribution >= 4 is 23.3 Å². The number of rotatable bonds is 4. The predicted octanol–water partition coefficient (Wildman–Crippen LogP) is 3.68. The molecule has 0 aliphatic rings. The molecule has 0 saturated heterocycles. The van der Waals surface area contributed by atoms with E-state index in [4.69, 9.17) is 20.4 Å². The summed E-state index contributed by atoms with van der Waals surface area (Å²) in [6.45, 7) is 0. The van der Waals surface area contributed by atoms with Crippen molar-refractivity contribution < 1.29 is 39.9 Å². The van der Waals surface area contributed by atoms with Crippen LogP contribution < -0.4 is 0 Å². The van der Waals surface area contributed by atoms with Crippen LogP contribution in [-0.4, -0.2) is 42.2 Å². The van der Waals surface area contributed by atoms with E-state index in [1.54, 1.807) is 6.07 Å². The standard InChI is InChI=1S/2C7H5NO4.C6H6O2/c2*9-7(10)5-2-1-3-6(4-5)8(11)12;7-5-2-1-3-6(8)4-5/h2*1-4H,(H,9,10);1-4,7-8H. The summed E-state index contributed by atoms with van der Waals surface area (Å²) in [5.74, 6) is -2.16. The molecule has 0 radical (unpaired) electrons. The average molecular weight is 444 g/mol. The third-order valence-electron chi connectivity index (χ3n) is 3.44. The summed E-state index contributed by atoms with van der Waals surface area (Å²) >= 11 is 0. The van der Waals surface area contributed by atoms with E-state index in [1.165, 1.54) is 54.6 Å². The van der Waals surface area contributed by atoms with Gasteiger partial charge in [0, 0.05) is 30.3 Å². The van der Waals surface area contributed by atoms with E-state index in [0.29, 0.717) is 0 Å². The maximum atomic E-state index is 10.4. The summed E-state index contributed by atoms with van der Waals surface area (Å²) in [5.41, 5.74) is -0.585. The summed E-state index contributed by atoms with van der Waals surface area (Å²) in [6, 6.07) is 15.6. The molecule has 0 aliphatic carbocycles. The number of carboxylic acid groups (broad SMARTS) is 2. The Labute approximate surface area is 179 Å². The molecule has 0 amide bonds. The molecule has 0 spiro atoms. The summed E-state index contributed by atoms with van der Waals surface area (Å²) in [7, 11) is 0. The highest BCUT2D eigenvalue weighted by atomic mass is 16.6. The van der Waals surface area contributed by atoms with Gasteiger partial charge in [0.2, 0.25) is 0 Å². The number of hydrogen-bond donors (Lipinski definition) is 4. The van der Waals surface area contributed by atoms with Crippen LogP contribution in [0.5, 0.6) is 11.5 Å². The first kappa shape index (κ1) is 25.0. The van der Waals surface area contributed by atoms with Gasteiger partial charge in [-0.2, -0.15) is 0 Å². The van der Waals surface area contributed by atoms with Crippen molar-refractivity contribution in [3.63, 3.8) is 0 Å². The number of aromatic hydroxyl groups is 2. The number of benzene rings is 3. The van der Waals surface area contributed by atoms with Gasteiger partial charge in [0.25, 0.3) is 11.4 Å². The SMILES string of the molecule is O=C(O)c1cccc([N+](=O)[O-])c1.O=C(O)c1cccc([N+](=O)[O-])c1.Oc1cccc(O)c1. The van der Waals surface area contributed by atoms with Crippen molar-refractivity contribution in [1.29, 1.82) is 0 Å². The van der Waals surface area contributed by atoms with Crippen LogP contribution in [0.15, 0.2) is 72.8 Å². The van der Waals surface area contributed by atoms with Gasteiger partial charge in [0.05, 0.1) is 21.0 Å². The monoisotopic (exact) mass is 444 g/mol. The van der Waals surface area contributed by atoms with Gasteiger partial charge in [-0.15, -0.1) is 0 Å². The molecular formula is C20H16N2O10. The van der Waals surface area contributed by atoms with Crippen LogP contribution in [0.1, 0.15) is 20.7 Å². The van der Waals surface area contributed by atoms with Gasteiger partial charge in [-0.05, 0) is 24.3 Å². The summed E-state index contributed by atoms with van der Waals surface area (Å²) in [5, 5.41) is 54.6. The number of aromatic carboxylic acids is 2. The summed E-state index contributed by atoms with van der Waals surface area (Å²) in [6.07, 6.45) is 0. The van der Waals surface area contributed by atoms with Crippen molar-refractivity contribution in [3.05, 3.63) is 104 Å². The van der Waals surface area contributed by atoms with Crippen molar-refractivity contribution in [3.8, 4) is 11.5 Å². The van der Waals surface area contributed by atoms with Crippen LogP contribution in [0.2, 0.25) is 0 Å². The van der Waals surface area contributed by atoms with E-state index in [0.717, 1.165) is 12.1 Å². The van der Waals surface area contributed by atoms with Gasteiger partial charge in [0.1, 0.15) is 11.5 Å². The fraction of sp³-hybridized carbons (Fsp3) is 0. The fourth-order valence-corrected chi connectivity index (χ4v) is 2.00. The fourth-order valence-electron chi connectivity index (χ4n) is 2.00. The molecule has 0 fully saturated rings. The zero-order chi connectivity index (χ0) is 24.3. The van der Waals surface area contributed by atoms with Gasteiger partial charge in [-0.3, -0.25) is 20.2 Å². The number of phenolic OH excluding ortho intramolecular Hbond substituents is 2. The van der Waals surface area contributed by atoms with Crippen LogP contribution in [-0.2, 0) is 0 Å². The van der Waals surface area contributed by atoms with E-state index in [9.17, 15) is 29.8 Å². The number of nitro groups is 2. The molecule has 0 aromatic heterocycles. The Morgan fingerprint density at radius 3 is 1.22 bits per heavy atom. The molecule has 3 rings (SSSR count). The molecule has 0 bridgehead atoms. The Morgan fingerprint density at radius 1 is 0.625 bits per heavy atom. The molecule has 166 valence electrons. The van der Waals surface area contributed by atoms with Gasteiger partial charge in [-0.1, -0.05) is 18.2 Å². The van der Waals surface area contributed by atoms with Crippen molar-refractivity contribution in [1.82, 2.24) is 0 Å². The number of phenols is 2. The van der Waals surface area contributed by atoms with Crippen LogP contribution >= 0.6 is 0 Å². The van der Waals surface area contributed by atoms with Gasteiger partial charge in [0.15, 0.2) is 0 Å². The Kier molecular flexibility index (Phi) is 9.29. The molecule has 12 nitrogen and oxygen atoms in total. The minimum absolute atomic E-state index is 0.0794. The second-order valence-corrected chi connectivity index (χ2v) is 5.75. The maximum Gasteiger partial charge on any atom is 0.335 e. The first-order chi connectivity index (χ1) is 15.0. The Morgan fingerprint density at radius 2 is 0.969 bits per heavy atom. The largest absolute Gasteiger partial charge is 0.508 e. The molecule has 0 saturated carbocycles. The molecule has 4 N–H and O–H groups in total. The smallest absolute Gasteiger partial charge is 0.335 e. The van der Waals surface area contributed by atoms with Crippen LogP contribution in [0.3, 0.4) is 0 Å². The van der Waals surface area contributed by atoms with Gasteiger partial charge in [-0.25, -0.2) is 9.59 Å². The predicted molar refractivity (Wildman–Crippen MR) is 110 cm³/mol. The van der Waals surface area contributed by atoms with E-state index < -0.39 is 21.8 Å². The number of carboxylic acids is 2. The lowest BCUT2D eigenvalue weighted by Gasteiger charge is -1.92. The van der Waals surface area contributed by atoms with Crippen molar-refractivity contribution in [2.24, 2.45) is 0 Å². The van der Waals surface area contributed by atoms with E-state index in [1.807, 2.05) is 0 Å².